The first-order valence-corrected chi connectivity index (χ1v) is 4.71. The van der Waals surface area contributed by atoms with Gasteiger partial charge in [-0.05, 0) is 24.3 Å². The van der Waals surface area contributed by atoms with Crippen LogP contribution in [0.25, 0.3) is 11.8 Å². The number of pyridine rings is 1. The van der Waals surface area contributed by atoms with E-state index in [-0.39, 0.29) is 0 Å². The van der Waals surface area contributed by atoms with Gasteiger partial charge in [0.05, 0.1) is 11.0 Å². The lowest BCUT2D eigenvalue weighted by Crippen LogP contribution is -2.33. The van der Waals surface area contributed by atoms with Crippen molar-refractivity contribution in [2.75, 3.05) is 0 Å². The summed E-state index contributed by atoms with van der Waals surface area (Å²) in [4.78, 5) is 4.31. The van der Waals surface area contributed by atoms with Crippen molar-refractivity contribution in [2.24, 2.45) is 5.10 Å². The lowest BCUT2D eigenvalue weighted by atomic mass is 10.1. The molecule has 0 atom stereocenters. The van der Waals surface area contributed by atoms with E-state index in [1.165, 1.54) is 0 Å². The Morgan fingerprint density at radius 3 is 3.33 bits per heavy atom. The molecule has 0 saturated carbocycles. The van der Waals surface area contributed by atoms with Gasteiger partial charge in [0.25, 0.3) is 0 Å². The van der Waals surface area contributed by atoms with E-state index in [2.05, 4.69) is 21.7 Å². The summed E-state index contributed by atoms with van der Waals surface area (Å²) in [5, 5.41) is 5.94. The molecule has 1 aliphatic carbocycles. The number of hydrogen-bond acceptors (Lipinski definition) is 3. The van der Waals surface area contributed by atoms with E-state index in [1.807, 2.05) is 36.4 Å². The third-order valence-corrected chi connectivity index (χ3v) is 2.38. The Bertz CT molecular complexity index is 606. The molecule has 3 heteroatoms. The van der Waals surface area contributed by atoms with Gasteiger partial charge in [0.1, 0.15) is 6.21 Å². The topological polar surface area (TPSA) is 37.3 Å². The summed E-state index contributed by atoms with van der Waals surface area (Å²) < 4.78 is 0. The second-order valence-electron chi connectivity index (χ2n) is 3.29. The molecule has 2 aliphatic rings. The van der Waals surface area contributed by atoms with Gasteiger partial charge in [0, 0.05) is 17.0 Å². The summed E-state index contributed by atoms with van der Waals surface area (Å²) in [6, 6.07) is 3.95. The molecule has 0 unspecified atom stereocenters. The summed E-state index contributed by atoms with van der Waals surface area (Å²) in [5.41, 5.74) is 5.03. The summed E-state index contributed by atoms with van der Waals surface area (Å²) >= 11 is 0. The van der Waals surface area contributed by atoms with E-state index in [4.69, 9.17) is 0 Å². The Balaban J connectivity index is 2.45. The number of fused-ring (bicyclic) bond motifs is 2. The highest BCUT2D eigenvalue weighted by molar-refractivity contribution is 5.84. The van der Waals surface area contributed by atoms with Crippen LogP contribution < -0.4 is 16.0 Å². The quantitative estimate of drug-likeness (QED) is 0.628. The average Bonchev–Trinajstić information content (AvgIpc) is 2.48. The standard InChI is InChI=1S/C12H8N3/c1-3-9-6-8-14-15-12(9)10-4-2-7-13-11(10)5-1/h1-7,15H. The number of allylic oxidation sites excluding steroid dienone is 2. The first-order valence-electron chi connectivity index (χ1n) is 4.71. The summed E-state index contributed by atoms with van der Waals surface area (Å²) in [6.45, 7) is 0. The maximum absolute atomic E-state index is 4.31. The molecule has 1 aromatic heterocycles. The number of nitrogens with zero attached hydrogens (tertiary/aromatic N) is 2. The van der Waals surface area contributed by atoms with Gasteiger partial charge in [-0.1, -0.05) is 12.2 Å². The zero-order chi connectivity index (χ0) is 10.1. The van der Waals surface area contributed by atoms with Crippen molar-refractivity contribution < 1.29 is 0 Å². The van der Waals surface area contributed by atoms with Crippen molar-refractivity contribution in [3.63, 3.8) is 0 Å². The van der Waals surface area contributed by atoms with E-state index in [0.717, 1.165) is 21.8 Å². The van der Waals surface area contributed by atoms with Crippen LogP contribution in [0.1, 0.15) is 0 Å². The molecule has 15 heavy (non-hydrogen) atoms. The molecule has 0 bridgehead atoms. The lowest BCUT2D eigenvalue weighted by Gasteiger charge is -2.09. The fourth-order valence-corrected chi connectivity index (χ4v) is 1.68. The van der Waals surface area contributed by atoms with Crippen molar-refractivity contribution in [1.29, 1.82) is 0 Å². The van der Waals surface area contributed by atoms with Crippen LogP contribution in [0.4, 0.5) is 0 Å². The summed E-state index contributed by atoms with van der Waals surface area (Å²) in [7, 11) is 0. The van der Waals surface area contributed by atoms with Crippen LogP contribution in [0, 0.1) is 0 Å². The smallest absolute Gasteiger partial charge is 0.111 e. The molecule has 71 valence electrons. The summed E-state index contributed by atoms with van der Waals surface area (Å²) in [5.74, 6) is 0. The van der Waals surface area contributed by atoms with Crippen LogP contribution in [0.3, 0.4) is 0 Å². The van der Waals surface area contributed by atoms with Gasteiger partial charge in [0.15, 0.2) is 0 Å². The predicted octanol–water partition coefficient (Wildman–Crippen LogP) is -0.0675. The maximum Gasteiger partial charge on any atom is 0.111 e. The number of aromatic nitrogens is 1. The molecular weight excluding hydrogens is 186 g/mol. The third-order valence-electron chi connectivity index (χ3n) is 2.38. The molecule has 0 fully saturated rings. The molecule has 1 aromatic rings. The first kappa shape index (κ1) is 8.17. The van der Waals surface area contributed by atoms with Crippen LogP contribution in [0.2, 0.25) is 0 Å². The van der Waals surface area contributed by atoms with Gasteiger partial charge in [-0.3, -0.25) is 10.4 Å². The third kappa shape index (κ3) is 1.29. The van der Waals surface area contributed by atoms with Crippen LogP contribution >= 0.6 is 0 Å². The van der Waals surface area contributed by atoms with Gasteiger partial charge in [0.2, 0.25) is 0 Å². The fraction of sp³-hybridized carbons (Fsp3) is 0. The number of hydrogen-bond donors (Lipinski definition) is 1. The van der Waals surface area contributed by atoms with E-state index in [1.54, 1.807) is 6.20 Å². The van der Waals surface area contributed by atoms with Gasteiger partial charge >= 0.3 is 0 Å². The molecule has 0 saturated heterocycles. The average molecular weight is 194 g/mol. The second kappa shape index (κ2) is 3.20. The monoisotopic (exact) mass is 194 g/mol. The van der Waals surface area contributed by atoms with E-state index >= 15 is 0 Å². The second-order valence-corrected chi connectivity index (χ2v) is 3.29. The van der Waals surface area contributed by atoms with Crippen LogP contribution in [0.5, 0.6) is 0 Å². The molecule has 0 amide bonds. The van der Waals surface area contributed by atoms with Crippen molar-refractivity contribution in [1.82, 2.24) is 10.4 Å². The van der Waals surface area contributed by atoms with Crippen LogP contribution in [-0.4, -0.2) is 11.2 Å². The van der Waals surface area contributed by atoms with Crippen LogP contribution in [0.15, 0.2) is 47.2 Å². The minimum absolute atomic E-state index is 0.955. The molecule has 1 aliphatic heterocycles. The van der Waals surface area contributed by atoms with Gasteiger partial charge in [-0.25, -0.2) is 0 Å². The SMILES string of the molecule is [C]1=NNC2=c3cccnc3=CC=CC2=C1. The summed E-state index contributed by atoms with van der Waals surface area (Å²) in [6.07, 6.45) is 12.4. The Morgan fingerprint density at radius 1 is 1.33 bits per heavy atom. The Hall–Kier alpha value is -2.16. The number of rotatable bonds is 0. The van der Waals surface area contributed by atoms with E-state index in [9.17, 15) is 0 Å². The number of nitrogens with one attached hydrogen (secondary N) is 1. The minimum atomic E-state index is 0.955. The van der Waals surface area contributed by atoms with Gasteiger partial charge in [-0.15, -0.1) is 0 Å². The maximum atomic E-state index is 4.31. The Morgan fingerprint density at radius 2 is 2.33 bits per heavy atom. The fourth-order valence-electron chi connectivity index (χ4n) is 1.68. The Labute approximate surface area is 86.9 Å². The zero-order valence-corrected chi connectivity index (χ0v) is 7.94. The molecule has 2 heterocycles. The van der Waals surface area contributed by atoms with Crippen molar-refractivity contribution >= 4 is 18.0 Å². The van der Waals surface area contributed by atoms with Crippen molar-refractivity contribution in [3.05, 3.63) is 52.7 Å². The molecular formula is C12H8N3. The number of hydrazone groups is 1. The predicted molar refractivity (Wildman–Crippen MR) is 59.2 cm³/mol. The van der Waals surface area contributed by atoms with Crippen LogP contribution in [-0.2, 0) is 0 Å². The molecule has 1 radical (unpaired) electrons. The van der Waals surface area contributed by atoms with E-state index < -0.39 is 0 Å². The lowest BCUT2D eigenvalue weighted by molar-refractivity contribution is 0.978. The molecule has 1 N–H and O–H groups in total. The van der Waals surface area contributed by atoms with Gasteiger partial charge < -0.3 is 0 Å². The van der Waals surface area contributed by atoms with Gasteiger partial charge in [-0.2, -0.15) is 5.10 Å². The van der Waals surface area contributed by atoms with Crippen molar-refractivity contribution in [2.45, 2.75) is 0 Å². The highest BCUT2D eigenvalue weighted by Gasteiger charge is 2.07. The molecule has 3 rings (SSSR count). The zero-order valence-electron chi connectivity index (χ0n) is 7.94. The van der Waals surface area contributed by atoms with Crippen molar-refractivity contribution in [3.8, 4) is 0 Å². The molecule has 0 aromatic carbocycles. The minimum Gasteiger partial charge on any atom is -0.277 e. The largest absolute Gasteiger partial charge is 0.277 e. The highest BCUT2D eigenvalue weighted by atomic mass is 15.3. The molecule has 0 spiro atoms. The highest BCUT2D eigenvalue weighted by Crippen LogP contribution is 2.11. The normalized spacial score (nSPS) is 16.8. The molecule has 3 nitrogen and oxygen atoms in total. The Kier molecular flexibility index (Phi) is 1.75. The van der Waals surface area contributed by atoms with E-state index in [0.29, 0.717) is 0 Å². The first-order chi connectivity index (χ1) is 7.45.